The van der Waals surface area contributed by atoms with Crippen molar-refractivity contribution in [1.29, 1.82) is 0 Å². The zero-order valence-electron chi connectivity index (χ0n) is 15.6. The van der Waals surface area contributed by atoms with Crippen LogP contribution in [0.3, 0.4) is 0 Å². The van der Waals surface area contributed by atoms with E-state index < -0.39 is 5.97 Å². The van der Waals surface area contributed by atoms with Crippen LogP contribution in [0.25, 0.3) is 11.0 Å². The zero-order chi connectivity index (χ0) is 19.5. The fourth-order valence-electron chi connectivity index (χ4n) is 3.41. The number of carboxylic acids is 1. The van der Waals surface area contributed by atoms with E-state index in [0.29, 0.717) is 36.5 Å². The first kappa shape index (κ1) is 18.2. The molecule has 8 nitrogen and oxygen atoms in total. The molecule has 3 heterocycles. The van der Waals surface area contributed by atoms with Gasteiger partial charge in [-0.15, -0.1) is 0 Å². The highest BCUT2D eigenvalue weighted by Crippen LogP contribution is 2.28. The average Bonchev–Trinajstić information content (AvgIpc) is 3.12. The van der Waals surface area contributed by atoms with Gasteiger partial charge in [0.2, 0.25) is 0 Å². The van der Waals surface area contributed by atoms with Gasteiger partial charge in [-0.3, -0.25) is 0 Å². The molecule has 1 aliphatic heterocycles. The quantitative estimate of drug-likeness (QED) is 0.676. The summed E-state index contributed by atoms with van der Waals surface area (Å²) in [4.78, 5) is 16.1. The van der Waals surface area contributed by atoms with Crippen LogP contribution in [0.1, 0.15) is 28.8 Å². The van der Waals surface area contributed by atoms with Crippen LogP contribution in [0.5, 0.6) is 5.75 Å². The number of aromatic carboxylic acids is 1. The molecule has 2 aromatic heterocycles. The third-order valence-electron chi connectivity index (χ3n) is 4.96. The molecule has 0 radical (unpaired) electrons. The van der Waals surface area contributed by atoms with E-state index in [0.717, 1.165) is 24.2 Å². The van der Waals surface area contributed by atoms with Gasteiger partial charge in [0.05, 0.1) is 30.9 Å². The van der Waals surface area contributed by atoms with Crippen LogP contribution in [0.2, 0.25) is 0 Å². The van der Waals surface area contributed by atoms with Gasteiger partial charge in [0.15, 0.2) is 5.65 Å². The number of nitrogens with one attached hydrogen (secondary N) is 1. The summed E-state index contributed by atoms with van der Waals surface area (Å²) >= 11 is 0. The number of carboxylic acid groups (broad SMARTS) is 1. The van der Waals surface area contributed by atoms with E-state index in [9.17, 15) is 9.90 Å². The van der Waals surface area contributed by atoms with Gasteiger partial charge in [-0.25, -0.2) is 14.5 Å². The van der Waals surface area contributed by atoms with Crippen molar-refractivity contribution < 1.29 is 19.4 Å². The molecule has 2 N–H and O–H groups in total. The minimum Gasteiger partial charge on any atom is -0.497 e. The van der Waals surface area contributed by atoms with E-state index in [4.69, 9.17) is 9.47 Å². The van der Waals surface area contributed by atoms with Gasteiger partial charge in [0, 0.05) is 25.5 Å². The maximum absolute atomic E-state index is 11.7. The highest BCUT2D eigenvalue weighted by atomic mass is 16.5. The molecule has 8 heteroatoms. The number of aromatic nitrogens is 3. The molecule has 28 heavy (non-hydrogen) atoms. The Hall–Kier alpha value is -3.13. The predicted molar refractivity (Wildman–Crippen MR) is 104 cm³/mol. The molecule has 0 bridgehead atoms. The third-order valence-corrected chi connectivity index (χ3v) is 4.96. The van der Waals surface area contributed by atoms with Crippen molar-refractivity contribution in [2.24, 2.45) is 0 Å². The minimum atomic E-state index is -1.01. The monoisotopic (exact) mass is 382 g/mol. The van der Waals surface area contributed by atoms with Crippen molar-refractivity contribution in [1.82, 2.24) is 14.8 Å². The molecule has 4 rings (SSSR count). The Morgan fingerprint density at radius 3 is 2.71 bits per heavy atom. The van der Waals surface area contributed by atoms with Gasteiger partial charge in [0.25, 0.3) is 0 Å². The summed E-state index contributed by atoms with van der Waals surface area (Å²) in [5.74, 6) is -0.215. The smallest absolute Gasteiger partial charge is 0.339 e. The molecule has 0 amide bonds. The maximum atomic E-state index is 11.7. The van der Waals surface area contributed by atoms with Crippen molar-refractivity contribution in [3.05, 3.63) is 47.8 Å². The van der Waals surface area contributed by atoms with Gasteiger partial charge in [-0.05, 0) is 30.5 Å². The summed E-state index contributed by atoms with van der Waals surface area (Å²) < 4.78 is 12.4. The Balaban J connectivity index is 1.68. The molecule has 1 aliphatic rings. The Bertz CT molecular complexity index is 978. The average molecular weight is 382 g/mol. The predicted octanol–water partition coefficient (Wildman–Crippen LogP) is 2.78. The van der Waals surface area contributed by atoms with Gasteiger partial charge in [-0.2, -0.15) is 5.10 Å². The normalized spacial score (nSPS) is 14.9. The molecule has 0 atom stereocenters. The van der Waals surface area contributed by atoms with Crippen LogP contribution >= 0.6 is 0 Å². The number of pyridine rings is 1. The molecule has 0 aliphatic carbocycles. The number of benzene rings is 1. The minimum absolute atomic E-state index is 0.156. The van der Waals surface area contributed by atoms with Crippen molar-refractivity contribution in [3.63, 3.8) is 0 Å². The number of rotatable bonds is 6. The number of hydrogen-bond acceptors (Lipinski definition) is 6. The summed E-state index contributed by atoms with van der Waals surface area (Å²) in [5.41, 5.74) is 2.43. The van der Waals surface area contributed by atoms with Gasteiger partial charge < -0.3 is 19.9 Å². The van der Waals surface area contributed by atoms with Crippen molar-refractivity contribution in [2.45, 2.75) is 25.4 Å². The lowest BCUT2D eigenvalue weighted by atomic mass is 10.1. The van der Waals surface area contributed by atoms with Gasteiger partial charge in [-0.1, -0.05) is 12.1 Å². The fraction of sp³-hybridized carbons (Fsp3) is 0.350. The number of nitrogens with zero attached hydrogens (tertiary/aromatic N) is 3. The summed E-state index contributed by atoms with van der Waals surface area (Å²) in [6.45, 7) is 1.87. The fourth-order valence-corrected chi connectivity index (χ4v) is 3.41. The Labute approximate surface area is 162 Å². The van der Waals surface area contributed by atoms with Crippen LogP contribution in [-0.2, 0) is 11.3 Å². The van der Waals surface area contributed by atoms with E-state index in [1.165, 1.54) is 6.20 Å². The van der Waals surface area contributed by atoms with E-state index in [-0.39, 0.29) is 11.6 Å². The SMILES string of the molecule is COc1ccc(Cn2ncc3c(NC4CCOCC4)c(C(=O)O)cnc32)cc1. The second-order valence-corrected chi connectivity index (χ2v) is 6.77. The first-order valence-electron chi connectivity index (χ1n) is 9.20. The van der Waals surface area contributed by atoms with Crippen LogP contribution in [0.15, 0.2) is 36.7 Å². The van der Waals surface area contributed by atoms with Gasteiger partial charge >= 0.3 is 5.97 Å². The summed E-state index contributed by atoms with van der Waals surface area (Å²) in [7, 11) is 1.63. The Kier molecular flexibility index (Phi) is 5.12. The van der Waals surface area contributed by atoms with Crippen LogP contribution in [-0.4, -0.2) is 52.2 Å². The van der Waals surface area contributed by atoms with Gasteiger partial charge in [0.1, 0.15) is 11.3 Å². The molecule has 1 aromatic carbocycles. The molecular weight excluding hydrogens is 360 g/mol. The number of ether oxygens (including phenoxy) is 2. The molecule has 1 fully saturated rings. The Morgan fingerprint density at radius 2 is 2.04 bits per heavy atom. The summed E-state index contributed by atoms with van der Waals surface area (Å²) in [5, 5.41) is 18.2. The number of methoxy groups -OCH3 is 1. The van der Waals surface area contributed by atoms with Crippen molar-refractivity contribution >= 4 is 22.7 Å². The standard InChI is InChI=1S/C20H22N4O4/c1-27-15-4-2-13(3-5-15)12-24-19-16(11-22-24)18(17(10-21-19)20(25)26)23-14-6-8-28-9-7-14/h2-5,10-11,14H,6-9,12H2,1H3,(H,21,23)(H,25,26). The summed E-state index contributed by atoms with van der Waals surface area (Å²) in [6.07, 6.45) is 4.75. The van der Waals surface area contributed by atoms with Crippen molar-refractivity contribution in [3.8, 4) is 5.75 Å². The lowest BCUT2D eigenvalue weighted by molar-refractivity contribution is 0.0697. The van der Waals surface area contributed by atoms with E-state index >= 15 is 0 Å². The van der Waals surface area contributed by atoms with E-state index in [2.05, 4.69) is 15.4 Å². The highest BCUT2D eigenvalue weighted by Gasteiger charge is 2.21. The second kappa shape index (κ2) is 7.85. The second-order valence-electron chi connectivity index (χ2n) is 6.77. The molecule has 0 spiro atoms. The molecule has 1 saturated heterocycles. The number of fused-ring (bicyclic) bond motifs is 1. The van der Waals surface area contributed by atoms with E-state index in [1.54, 1.807) is 18.0 Å². The molecule has 0 saturated carbocycles. The van der Waals surface area contributed by atoms with Crippen LogP contribution in [0.4, 0.5) is 5.69 Å². The molecule has 0 unspecified atom stereocenters. The lowest BCUT2D eigenvalue weighted by Gasteiger charge is -2.25. The highest BCUT2D eigenvalue weighted by molar-refractivity contribution is 6.03. The van der Waals surface area contributed by atoms with Crippen LogP contribution < -0.4 is 10.1 Å². The van der Waals surface area contributed by atoms with Crippen LogP contribution in [0, 0.1) is 0 Å². The molecular formula is C20H22N4O4. The number of hydrogen-bond donors (Lipinski definition) is 2. The summed E-state index contributed by atoms with van der Waals surface area (Å²) in [6, 6.07) is 7.91. The maximum Gasteiger partial charge on any atom is 0.339 e. The third kappa shape index (κ3) is 3.63. The topological polar surface area (TPSA) is 98.5 Å². The zero-order valence-corrected chi connectivity index (χ0v) is 15.6. The number of carbonyl (C=O) groups is 1. The lowest BCUT2D eigenvalue weighted by Crippen LogP contribution is -2.28. The molecule has 146 valence electrons. The van der Waals surface area contributed by atoms with E-state index in [1.807, 2.05) is 24.3 Å². The number of anilines is 1. The van der Waals surface area contributed by atoms with Crippen molar-refractivity contribution in [2.75, 3.05) is 25.6 Å². The largest absolute Gasteiger partial charge is 0.497 e. The first-order valence-corrected chi connectivity index (χ1v) is 9.20. The first-order chi connectivity index (χ1) is 13.7. The molecule has 3 aromatic rings. The Morgan fingerprint density at radius 1 is 1.29 bits per heavy atom.